The molecule has 0 bridgehead atoms. The van der Waals surface area contributed by atoms with Gasteiger partial charge in [0.15, 0.2) is 5.78 Å². The molecule has 0 fully saturated rings. The Balaban J connectivity index is 1.96. The topological polar surface area (TPSA) is 106 Å². The SMILES string of the molecule is COc1ncc(C(=O)N[C@@H](CC(=O)O)c2ccccc2C)cc1-c1cccc(C(C)=O)c1. The Hall–Kier alpha value is -4.00. The number of aryl methyl sites for hydroxylation is 1. The predicted molar refractivity (Wildman–Crippen MR) is 120 cm³/mol. The molecule has 7 nitrogen and oxygen atoms in total. The molecular weight excluding hydrogens is 408 g/mol. The third-order valence-corrected chi connectivity index (χ3v) is 5.13. The summed E-state index contributed by atoms with van der Waals surface area (Å²) < 4.78 is 5.35. The number of hydrogen-bond donors (Lipinski definition) is 2. The molecule has 164 valence electrons. The first-order valence-corrected chi connectivity index (χ1v) is 10.0. The van der Waals surface area contributed by atoms with Crippen LogP contribution in [0.4, 0.5) is 0 Å². The number of benzene rings is 2. The van der Waals surface area contributed by atoms with Crippen molar-refractivity contribution in [2.45, 2.75) is 26.3 Å². The highest BCUT2D eigenvalue weighted by molar-refractivity contribution is 5.97. The zero-order chi connectivity index (χ0) is 23.3. The summed E-state index contributed by atoms with van der Waals surface area (Å²) in [6, 6.07) is 15.2. The molecule has 0 aliphatic heterocycles. The molecule has 1 atom stereocenters. The predicted octanol–water partition coefficient (Wildman–Crippen LogP) is 4.21. The Morgan fingerprint density at radius 2 is 1.81 bits per heavy atom. The number of carboxylic acids is 1. The number of aromatic nitrogens is 1. The van der Waals surface area contributed by atoms with Gasteiger partial charge >= 0.3 is 5.97 Å². The van der Waals surface area contributed by atoms with Crippen LogP contribution in [0.25, 0.3) is 11.1 Å². The normalized spacial score (nSPS) is 11.5. The van der Waals surface area contributed by atoms with Crippen molar-refractivity contribution in [3.63, 3.8) is 0 Å². The summed E-state index contributed by atoms with van der Waals surface area (Å²) >= 11 is 0. The van der Waals surface area contributed by atoms with E-state index in [1.54, 1.807) is 42.5 Å². The molecule has 0 saturated heterocycles. The summed E-state index contributed by atoms with van der Waals surface area (Å²) in [7, 11) is 1.47. The second-order valence-corrected chi connectivity index (χ2v) is 7.40. The second kappa shape index (κ2) is 9.87. The van der Waals surface area contributed by atoms with E-state index in [9.17, 15) is 19.5 Å². The maximum Gasteiger partial charge on any atom is 0.305 e. The maximum absolute atomic E-state index is 13.0. The highest BCUT2D eigenvalue weighted by Gasteiger charge is 2.21. The van der Waals surface area contributed by atoms with E-state index >= 15 is 0 Å². The Morgan fingerprint density at radius 3 is 2.47 bits per heavy atom. The number of ketones is 1. The van der Waals surface area contributed by atoms with E-state index in [2.05, 4.69) is 10.3 Å². The summed E-state index contributed by atoms with van der Waals surface area (Å²) in [5, 5.41) is 12.2. The molecule has 3 aromatic rings. The largest absolute Gasteiger partial charge is 0.481 e. The minimum Gasteiger partial charge on any atom is -0.481 e. The van der Waals surface area contributed by atoms with Gasteiger partial charge in [0.1, 0.15) is 0 Å². The zero-order valence-corrected chi connectivity index (χ0v) is 18.1. The van der Waals surface area contributed by atoms with Gasteiger partial charge in [-0.05, 0) is 42.7 Å². The molecule has 1 aromatic heterocycles. The van der Waals surface area contributed by atoms with Crippen molar-refractivity contribution >= 4 is 17.7 Å². The van der Waals surface area contributed by atoms with Crippen LogP contribution in [0.3, 0.4) is 0 Å². The van der Waals surface area contributed by atoms with Gasteiger partial charge in [-0.25, -0.2) is 4.98 Å². The molecule has 7 heteroatoms. The number of nitrogens with one attached hydrogen (secondary N) is 1. The van der Waals surface area contributed by atoms with Gasteiger partial charge < -0.3 is 15.2 Å². The van der Waals surface area contributed by atoms with Crippen LogP contribution in [0.1, 0.15) is 51.2 Å². The fourth-order valence-electron chi connectivity index (χ4n) is 3.48. The van der Waals surface area contributed by atoms with Gasteiger partial charge in [-0.1, -0.05) is 42.5 Å². The number of pyridine rings is 1. The molecule has 0 saturated carbocycles. The van der Waals surface area contributed by atoms with Gasteiger partial charge in [0.25, 0.3) is 5.91 Å². The Bertz CT molecular complexity index is 1170. The maximum atomic E-state index is 13.0. The van der Waals surface area contributed by atoms with Crippen molar-refractivity contribution < 1.29 is 24.2 Å². The van der Waals surface area contributed by atoms with Crippen LogP contribution in [0.5, 0.6) is 5.88 Å². The zero-order valence-electron chi connectivity index (χ0n) is 18.1. The van der Waals surface area contributed by atoms with Crippen LogP contribution in [-0.2, 0) is 4.79 Å². The Morgan fingerprint density at radius 1 is 1.06 bits per heavy atom. The standard InChI is InChI=1S/C25H24N2O5/c1-15-7-4-5-10-20(15)22(13-23(29)30)27-24(31)19-12-21(25(32-3)26-14-19)18-9-6-8-17(11-18)16(2)28/h4-12,14,22H,13H2,1-3H3,(H,27,31)(H,29,30)/t22-/m0/s1. The van der Waals surface area contributed by atoms with E-state index in [-0.39, 0.29) is 17.8 Å². The van der Waals surface area contributed by atoms with Crippen LogP contribution in [0.15, 0.2) is 60.8 Å². The lowest BCUT2D eigenvalue weighted by atomic mass is 9.98. The molecule has 32 heavy (non-hydrogen) atoms. The lowest BCUT2D eigenvalue weighted by Gasteiger charge is -2.20. The first kappa shape index (κ1) is 22.7. The average Bonchev–Trinajstić information content (AvgIpc) is 2.78. The highest BCUT2D eigenvalue weighted by Crippen LogP contribution is 2.30. The summed E-state index contributed by atoms with van der Waals surface area (Å²) in [6.45, 7) is 3.35. The highest BCUT2D eigenvalue weighted by atomic mass is 16.5. The lowest BCUT2D eigenvalue weighted by Crippen LogP contribution is -2.30. The number of ether oxygens (including phenoxy) is 1. The number of rotatable bonds is 8. The van der Waals surface area contributed by atoms with Gasteiger partial charge in [0.2, 0.25) is 5.88 Å². The van der Waals surface area contributed by atoms with Crippen LogP contribution < -0.4 is 10.1 Å². The molecule has 3 rings (SSSR count). The van der Waals surface area contributed by atoms with E-state index in [1.165, 1.54) is 20.2 Å². The molecule has 0 aliphatic carbocycles. The summed E-state index contributed by atoms with van der Waals surface area (Å²) in [6.07, 6.45) is 1.12. The Kier molecular flexibility index (Phi) is 7.00. The van der Waals surface area contributed by atoms with Gasteiger partial charge in [0, 0.05) is 17.3 Å². The van der Waals surface area contributed by atoms with Crippen LogP contribution in [0, 0.1) is 6.92 Å². The molecular formula is C25H24N2O5. The molecule has 2 aromatic carbocycles. The first-order chi connectivity index (χ1) is 15.3. The van der Waals surface area contributed by atoms with Gasteiger partial charge in [-0.2, -0.15) is 0 Å². The van der Waals surface area contributed by atoms with Crippen LogP contribution >= 0.6 is 0 Å². The van der Waals surface area contributed by atoms with Crippen molar-refractivity contribution in [1.29, 1.82) is 0 Å². The minimum atomic E-state index is -1.02. The van der Waals surface area contributed by atoms with Crippen LogP contribution in [-0.4, -0.2) is 34.9 Å². The molecule has 1 heterocycles. The van der Waals surface area contributed by atoms with E-state index in [1.807, 2.05) is 19.1 Å². The van der Waals surface area contributed by atoms with Crippen molar-refractivity contribution in [1.82, 2.24) is 10.3 Å². The number of Topliss-reactive ketones (excluding diaryl/α,β-unsaturated/α-hetero) is 1. The number of carboxylic acid groups (broad SMARTS) is 1. The van der Waals surface area contributed by atoms with E-state index in [0.29, 0.717) is 22.6 Å². The molecule has 0 aliphatic rings. The van der Waals surface area contributed by atoms with Gasteiger partial charge in [-0.3, -0.25) is 14.4 Å². The van der Waals surface area contributed by atoms with Crippen LogP contribution in [0.2, 0.25) is 0 Å². The molecule has 2 N–H and O–H groups in total. The third kappa shape index (κ3) is 5.18. The first-order valence-electron chi connectivity index (χ1n) is 10.0. The molecule has 0 spiro atoms. The van der Waals surface area contributed by atoms with Gasteiger partial charge in [-0.15, -0.1) is 0 Å². The fraction of sp³-hybridized carbons (Fsp3) is 0.200. The smallest absolute Gasteiger partial charge is 0.305 e. The monoisotopic (exact) mass is 432 g/mol. The number of aliphatic carboxylic acids is 1. The van der Waals surface area contributed by atoms with E-state index < -0.39 is 17.9 Å². The minimum absolute atomic E-state index is 0.0811. The van der Waals surface area contributed by atoms with Gasteiger partial charge in [0.05, 0.1) is 25.1 Å². The molecule has 0 unspecified atom stereocenters. The second-order valence-electron chi connectivity index (χ2n) is 7.40. The number of methoxy groups -OCH3 is 1. The number of carbonyl (C=O) groups is 3. The number of nitrogens with zero attached hydrogens (tertiary/aromatic N) is 1. The molecule has 1 amide bonds. The Labute approximate surface area is 186 Å². The van der Waals surface area contributed by atoms with Crippen molar-refractivity contribution in [3.05, 3.63) is 83.0 Å². The van der Waals surface area contributed by atoms with Crippen molar-refractivity contribution in [2.24, 2.45) is 0 Å². The summed E-state index contributed by atoms with van der Waals surface area (Å²) in [4.78, 5) is 40.5. The lowest BCUT2D eigenvalue weighted by molar-refractivity contribution is -0.137. The summed E-state index contributed by atoms with van der Waals surface area (Å²) in [5.41, 5.74) is 3.62. The third-order valence-electron chi connectivity index (χ3n) is 5.13. The number of carbonyl (C=O) groups excluding carboxylic acids is 2. The van der Waals surface area contributed by atoms with Crippen molar-refractivity contribution in [3.8, 4) is 17.0 Å². The molecule has 0 radical (unpaired) electrons. The van der Waals surface area contributed by atoms with E-state index in [0.717, 1.165) is 11.1 Å². The average molecular weight is 432 g/mol. The number of hydrogen-bond acceptors (Lipinski definition) is 5. The van der Waals surface area contributed by atoms with E-state index in [4.69, 9.17) is 4.74 Å². The van der Waals surface area contributed by atoms with Crippen molar-refractivity contribution in [2.75, 3.05) is 7.11 Å². The quantitative estimate of drug-likeness (QED) is 0.517. The fourth-order valence-corrected chi connectivity index (χ4v) is 3.48. The number of amides is 1. The summed E-state index contributed by atoms with van der Waals surface area (Å²) in [5.74, 6) is -1.25.